The molecule has 1 unspecified atom stereocenters. The topological polar surface area (TPSA) is 38.7 Å². The number of hydrogen-bond acceptors (Lipinski definition) is 3. The summed E-state index contributed by atoms with van der Waals surface area (Å²) < 4.78 is 37.5. The average molecular weight is 333 g/mol. The van der Waals surface area contributed by atoms with Crippen molar-refractivity contribution in [1.29, 1.82) is 0 Å². The Kier molecular flexibility index (Phi) is 4.38. The van der Waals surface area contributed by atoms with E-state index in [2.05, 4.69) is 5.16 Å². The van der Waals surface area contributed by atoms with Crippen LogP contribution in [-0.2, 0) is 11.0 Å². The quantitative estimate of drug-likeness (QED) is 0.598. The van der Waals surface area contributed by atoms with E-state index in [4.69, 9.17) is 4.84 Å². The van der Waals surface area contributed by atoms with E-state index in [-0.39, 0.29) is 11.5 Å². The van der Waals surface area contributed by atoms with E-state index in [0.29, 0.717) is 0 Å². The minimum atomic E-state index is -4.43. The fourth-order valence-electron chi connectivity index (χ4n) is 2.52. The summed E-state index contributed by atoms with van der Waals surface area (Å²) in [6.45, 7) is 0. The third-order valence-corrected chi connectivity index (χ3v) is 3.99. The smallest absolute Gasteiger partial charge is 0.313 e. The molecule has 2 aromatic carbocycles. The summed E-state index contributed by atoms with van der Waals surface area (Å²) >= 11 is 0. The number of oxime groups is 1. The van der Waals surface area contributed by atoms with Gasteiger partial charge in [0.1, 0.15) is 0 Å². The SMILES string of the molecule is O=C(ON=C1CCC1c1ccccc1)c1ccc(C(F)(F)F)cc1. The first-order chi connectivity index (χ1) is 11.4. The summed E-state index contributed by atoms with van der Waals surface area (Å²) in [6.07, 6.45) is -2.77. The average Bonchev–Trinajstić information content (AvgIpc) is 2.54. The molecule has 2 aromatic rings. The fourth-order valence-corrected chi connectivity index (χ4v) is 2.52. The summed E-state index contributed by atoms with van der Waals surface area (Å²) in [5.74, 6) is -0.637. The molecule has 3 nitrogen and oxygen atoms in total. The van der Waals surface area contributed by atoms with Crippen LogP contribution in [-0.4, -0.2) is 11.7 Å². The number of halogens is 3. The highest BCUT2D eigenvalue weighted by molar-refractivity contribution is 5.97. The van der Waals surface area contributed by atoms with Gasteiger partial charge in [0.2, 0.25) is 0 Å². The Bertz CT molecular complexity index is 752. The Hall–Kier alpha value is -2.63. The minimum Gasteiger partial charge on any atom is -0.313 e. The molecule has 0 N–H and O–H groups in total. The van der Waals surface area contributed by atoms with Crippen LogP contribution < -0.4 is 0 Å². The van der Waals surface area contributed by atoms with Crippen LogP contribution in [0.2, 0.25) is 0 Å². The molecule has 0 spiro atoms. The molecule has 24 heavy (non-hydrogen) atoms. The zero-order valence-corrected chi connectivity index (χ0v) is 12.6. The lowest BCUT2D eigenvalue weighted by atomic mass is 9.78. The maximum Gasteiger partial charge on any atom is 0.416 e. The zero-order chi connectivity index (χ0) is 17.2. The molecule has 0 bridgehead atoms. The third kappa shape index (κ3) is 3.48. The number of benzene rings is 2. The Morgan fingerprint density at radius 1 is 1.04 bits per heavy atom. The second-order valence-corrected chi connectivity index (χ2v) is 5.54. The normalized spacial score (nSPS) is 19.0. The number of carbonyl (C=O) groups is 1. The predicted molar refractivity (Wildman–Crippen MR) is 82.7 cm³/mol. The van der Waals surface area contributed by atoms with Gasteiger partial charge < -0.3 is 4.84 Å². The third-order valence-electron chi connectivity index (χ3n) is 3.99. The molecule has 1 aliphatic rings. The second kappa shape index (κ2) is 6.47. The largest absolute Gasteiger partial charge is 0.416 e. The number of nitrogens with zero attached hydrogens (tertiary/aromatic N) is 1. The van der Waals surface area contributed by atoms with Gasteiger partial charge in [0.25, 0.3) is 0 Å². The predicted octanol–water partition coefficient (Wildman–Crippen LogP) is 4.80. The van der Waals surface area contributed by atoms with Gasteiger partial charge in [-0.3, -0.25) is 0 Å². The van der Waals surface area contributed by atoms with E-state index < -0.39 is 17.7 Å². The van der Waals surface area contributed by atoms with Crippen molar-refractivity contribution in [3.8, 4) is 0 Å². The molecule has 1 aliphatic carbocycles. The second-order valence-electron chi connectivity index (χ2n) is 5.54. The molecule has 0 radical (unpaired) electrons. The van der Waals surface area contributed by atoms with E-state index in [1.807, 2.05) is 30.3 Å². The first-order valence-electron chi connectivity index (χ1n) is 7.45. The highest BCUT2D eigenvalue weighted by atomic mass is 19.4. The van der Waals surface area contributed by atoms with Crippen molar-refractivity contribution < 1.29 is 22.8 Å². The van der Waals surface area contributed by atoms with E-state index in [0.717, 1.165) is 48.4 Å². The van der Waals surface area contributed by atoms with Crippen LogP contribution in [0.25, 0.3) is 0 Å². The van der Waals surface area contributed by atoms with Crippen molar-refractivity contribution in [3.05, 3.63) is 71.3 Å². The van der Waals surface area contributed by atoms with Crippen LogP contribution >= 0.6 is 0 Å². The highest BCUT2D eigenvalue weighted by Crippen LogP contribution is 2.34. The molecule has 0 amide bonds. The van der Waals surface area contributed by atoms with Crippen LogP contribution in [0.1, 0.15) is 40.2 Å². The van der Waals surface area contributed by atoms with Gasteiger partial charge in [0, 0.05) is 5.92 Å². The summed E-state index contributed by atoms with van der Waals surface area (Å²) in [7, 11) is 0. The van der Waals surface area contributed by atoms with Gasteiger partial charge in [-0.1, -0.05) is 35.5 Å². The Morgan fingerprint density at radius 2 is 1.71 bits per heavy atom. The molecule has 1 saturated carbocycles. The van der Waals surface area contributed by atoms with Crippen LogP contribution in [0.3, 0.4) is 0 Å². The number of rotatable bonds is 3. The lowest BCUT2D eigenvalue weighted by Crippen LogP contribution is -2.24. The minimum absolute atomic E-state index is 0.0305. The van der Waals surface area contributed by atoms with Crippen molar-refractivity contribution in [2.24, 2.45) is 5.16 Å². The van der Waals surface area contributed by atoms with Gasteiger partial charge in [-0.15, -0.1) is 0 Å². The maximum atomic E-state index is 12.5. The summed E-state index contributed by atoms with van der Waals surface area (Å²) in [5.41, 5.74) is 1.09. The standard InChI is InChI=1S/C18H14F3NO2/c19-18(20,21)14-8-6-13(7-9-14)17(23)24-22-16-11-10-15(16)12-4-2-1-3-5-12/h1-9,15H,10-11H2. The number of hydrogen-bond donors (Lipinski definition) is 0. The Morgan fingerprint density at radius 3 is 2.25 bits per heavy atom. The fraction of sp³-hybridized carbons (Fsp3) is 0.222. The van der Waals surface area contributed by atoms with Crippen LogP contribution in [0.4, 0.5) is 13.2 Å². The van der Waals surface area contributed by atoms with E-state index in [9.17, 15) is 18.0 Å². The van der Waals surface area contributed by atoms with Gasteiger partial charge in [-0.25, -0.2) is 4.79 Å². The van der Waals surface area contributed by atoms with Gasteiger partial charge in [0.05, 0.1) is 16.8 Å². The van der Waals surface area contributed by atoms with Crippen molar-refractivity contribution >= 4 is 11.7 Å². The summed E-state index contributed by atoms with van der Waals surface area (Å²) in [5, 5.41) is 3.88. The molecule has 0 aliphatic heterocycles. The van der Waals surface area contributed by atoms with Gasteiger partial charge in [-0.2, -0.15) is 13.2 Å². The van der Waals surface area contributed by atoms with Gasteiger partial charge in [0.15, 0.2) is 0 Å². The number of carbonyl (C=O) groups excluding carboxylic acids is 1. The molecule has 1 fully saturated rings. The first-order valence-corrected chi connectivity index (χ1v) is 7.45. The zero-order valence-electron chi connectivity index (χ0n) is 12.6. The van der Waals surface area contributed by atoms with Crippen LogP contribution in [0, 0.1) is 0 Å². The van der Waals surface area contributed by atoms with E-state index in [1.165, 1.54) is 0 Å². The molecule has 1 atom stereocenters. The maximum absolute atomic E-state index is 12.5. The van der Waals surface area contributed by atoms with Crippen molar-refractivity contribution in [2.75, 3.05) is 0 Å². The lowest BCUT2D eigenvalue weighted by molar-refractivity contribution is -0.137. The van der Waals surface area contributed by atoms with E-state index in [1.54, 1.807) is 0 Å². The monoisotopic (exact) mass is 333 g/mol. The summed E-state index contributed by atoms with van der Waals surface area (Å²) in [6, 6.07) is 13.6. The van der Waals surface area contributed by atoms with Crippen molar-refractivity contribution in [3.63, 3.8) is 0 Å². The highest BCUT2D eigenvalue weighted by Gasteiger charge is 2.31. The van der Waals surface area contributed by atoms with Gasteiger partial charge in [-0.05, 0) is 42.7 Å². The number of alkyl halides is 3. The molecule has 0 saturated heterocycles. The van der Waals surface area contributed by atoms with Crippen LogP contribution in [0.5, 0.6) is 0 Å². The molecular weight excluding hydrogens is 319 g/mol. The first kappa shape index (κ1) is 16.2. The molecule has 0 heterocycles. The van der Waals surface area contributed by atoms with E-state index >= 15 is 0 Å². The van der Waals surface area contributed by atoms with Gasteiger partial charge >= 0.3 is 12.1 Å². The molecular formula is C18H14F3NO2. The molecule has 124 valence electrons. The van der Waals surface area contributed by atoms with Crippen molar-refractivity contribution in [2.45, 2.75) is 24.9 Å². The van der Waals surface area contributed by atoms with Crippen molar-refractivity contribution in [1.82, 2.24) is 0 Å². The molecule has 3 rings (SSSR count). The Balaban J connectivity index is 1.65. The van der Waals surface area contributed by atoms with Crippen LogP contribution in [0.15, 0.2) is 59.8 Å². The molecule has 0 aromatic heterocycles. The molecule has 6 heteroatoms. The lowest BCUT2D eigenvalue weighted by Gasteiger charge is -2.27. The Labute approximate surface area is 136 Å². The summed E-state index contributed by atoms with van der Waals surface area (Å²) in [4.78, 5) is 16.8.